The Labute approximate surface area is 153 Å². The van der Waals surface area contributed by atoms with Gasteiger partial charge in [-0.2, -0.15) is 0 Å². The Bertz CT molecular complexity index is 878. The van der Waals surface area contributed by atoms with Gasteiger partial charge in [-0.15, -0.1) is 6.42 Å². The molecule has 0 radical (unpaired) electrons. The van der Waals surface area contributed by atoms with Crippen LogP contribution in [0.15, 0.2) is 12.7 Å². The predicted octanol–water partition coefficient (Wildman–Crippen LogP) is 1.23. The minimum Gasteiger partial charge on any atom is -0.396 e. The summed E-state index contributed by atoms with van der Waals surface area (Å²) in [4.78, 5) is 12.5. The lowest BCUT2D eigenvalue weighted by Crippen LogP contribution is -2.42. The maximum Gasteiger partial charge on any atom is 0.217 e. The van der Waals surface area contributed by atoms with E-state index in [9.17, 15) is 5.11 Å². The van der Waals surface area contributed by atoms with E-state index in [1.165, 1.54) is 24.1 Å². The molecule has 2 aromatic rings. The fraction of sp³-hybridized carbons (Fsp3) is 0.588. The zero-order valence-corrected chi connectivity index (χ0v) is 14.4. The molecule has 1 saturated heterocycles. The van der Waals surface area contributed by atoms with Crippen LogP contribution in [0.3, 0.4) is 0 Å². The van der Waals surface area contributed by atoms with Gasteiger partial charge in [-0.1, -0.05) is 12.8 Å². The van der Waals surface area contributed by atoms with Crippen molar-refractivity contribution in [1.82, 2.24) is 19.5 Å². The van der Waals surface area contributed by atoms with Crippen molar-refractivity contribution in [3.8, 4) is 12.3 Å². The highest BCUT2D eigenvalue weighted by molar-refractivity contribution is 5.82. The normalized spacial score (nSPS) is 32.2. The molecule has 140 valence electrons. The molecular formula is C17H22FN5O3. The lowest BCUT2D eigenvalue weighted by molar-refractivity contribution is -0.177. The summed E-state index contributed by atoms with van der Waals surface area (Å²) in [5.74, 6) is -0.550. The van der Waals surface area contributed by atoms with Gasteiger partial charge in [-0.3, -0.25) is 4.57 Å². The van der Waals surface area contributed by atoms with Crippen molar-refractivity contribution >= 4 is 17.0 Å². The van der Waals surface area contributed by atoms with Crippen LogP contribution in [0.1, 0.15) is 34.3 Å². The maximum atomic E-state index is 15.5. The molecule has 9 heteroatoms. The fourth-order valence-electron chi connectivity index (χ4n) is 3.25. The van der Waals surface area contributed by atoms with Crippen LogP contribution < -0.4 is 5.32 Å². The first-order chi connectivity index (χ1) is 13.4. The van der Waals surface area contributed by atoms with Crippen molar-refractivity contribution in [3.05, 3.63) is 12.7 Å². The Morgan fingerprint density at radius 2 is 2.42 bits per heavy atom. The van der Waals surface area contributed by atoms with Crippen molar-refractivity contribution < 1.29 is 20.7 Å². The molecule has 2 aromatic heterocycles. The van der Waals surface area contributed by atoms with Crippen molar-refractivity contribution in [2.24, 2.45) is 5.92 Å². The molecular weight excluding hydrogens is 341 g/mol. The fourth-order valence-corrected chi connectivity index (χ4v) is 3.25. The van der Waals surface area contributed by atoms with Crippen LogP contribution in [0.2, 0.25) is 0 Å². The molecule has 8 nitrogen and oxygen atoms in total. The van der Waals surface area contributed by atoms with E-state index in [4.69, 9.17) is 14.0 Å². The maximum absolute atomic E-state index is 15.5. The average molecular weight is 367 g/mol. The van der Waals surface area contributed by atoms with Crippen LogP contribution in [0.25, 0.3) is 11.2 Å². The molecule has 3 rings (SSSR count). The highest BCUT2D eigenvalue weighted by Crippen LogP contribution is 2.51. The van der Waals surface area contributed by atoms with Gasteiger partial charge in [0.25, 0.3) is 0 Å². The number of halogens is 1. The Balaban J connectivity index is 1.99. The SMILES string of the molecule is [3H]CCNc1ncnc2c1ncn2[C@@H]1O[C@](F)(CCCO[3H])[C@@H](C)[C@]1(O)C#C. The summed E-state index contributed by atoms with van der Waals surface area (Å²) in [6.45, 7) is 2.04. The zero-order valence-electron chi connectivity index (χ0n) is 16.4. The summed E-state index contributed by atoms with van der Waals surface area (Å²) in [5.41, 5.74) is -1.23. The van der Waals surface area contributed by atoms with Crippen molar-refractivity contribution in [1.29, 1.82) is 1.43 Å². The van der Waals surface area contributed by atoms with E-state index >= 15 is 4.39 Å². The standard InChI is InChI=1S/C17H22FN5O3/c1-4-16(25)11(3)17(18,7-6-8-24)26-15(16)23-10-22-12-13(19-5-2)20-9-21-14(12)23/h1,9-11,15,24-25H,5-8H2,2-3H3,(H,19,20,21)/t11-,15+,16+,17+/m0/s1/i2T,24T. The van der Waals surface area contributed by atoms with E-state index in [0.717, 1.165) is 0 Å². The first-order valence-corrected chi connectivity index (χ1v) is 8.27. The third-order valence-electron chi connectivity index (χ3n) is 4.79. The molecule has 4 atom stereocenters. The molecule has 0 spiro atoms. The van der Waals surface area contributed by atoms with Crippen molar-refractivity contribution in [3.63, 3.8) is 0 Å². The van der Waals surface area contributed by atoms with E-state index in [1.807, 2.05) is 0 Å². The summed E-state index contributed by atoms with van der Waals surface area (Å²) in [6.07, 6.45) is 7.12. The lowest BCUT2D eigenvalue weighted by atomic mass is 9.84. The average Bonchev–Trinajstić information content (AvgIpc) is 3.21. The van der Waals surface area contributed by atoms with Gasteiger partial charge in [0.15, 0.2) is 28.8 Å². The van der Waals surface area contributed by atoms with E-state index < -0.39 is 23.6 Å². The van der Waals surface area contributed by atoms with Crippen LogP contribution in [-0.2, 0) is 4.74 Å². The molecule has 0 amide bonds. The molecule has 3 heterocycles. The van der Waals surface area contributed by atoms with Gasteiger partial charge in [-0.25, -0.2) is 19.3 Å². The van der Waals surface area contributed by atoms with Crippen molar-refractivity contribution in [2.45, 2.75) is 44.3 Å². The molecule has 0 saturated carbocycles. The number of anilines is 1. The smallest absolute Gasteiger partial charge is 0.217 e. The van der Waals surface area contributed by atoms with Crippen molar-refractivity contribution in [2.75, 3.05) is 18.5 Å². The molecule has 1 aliphatic heterocycles. The van der Waals surface area contributed by atoms with Crippen LogP contribution in [0.4, 0.5) is 10.2 Å². The van der Waals surface area contributed by atoms with Gasteiger partial charge in [0.1, 0.15) is 6.33 Å². The predicted molar refractivity (Wildman–Crippen MR) is 92.7 cm³/mol. The number of aromatic nitrogens is 4. The Morgan fingerprint density at radius 1 is 1.58 bits per heavy atom. The number of fused-ring (bicyclic) bond motifs is 1. The monoisotopic (exact) mass is 367 g/mol. The number of nitrogens with zero attached hydrogens (tertiary/aromatic N) is 4. The highest BCUT2D eigenvalue weighted by atomic mass is 19.2. The Kier molecular flexibility index (Phi) is 4.16. The number of alkyl halides is 1. The number of terminal acetylenes is 1. The molecule has 0 aromatic carbocycles. The summed E-state index contributed by atoms with van der Waals surface area (Å²) in [5, 5.41) is 18.3. The number of aliphatic hydroxyl groups is 2. The van der Waals surface area contributed by atoms with E-state index in [-0.39, 0.29) is 26.3 Å². The first-order valence-electron chi connectivity index (χ1n) is 9.38. The van der Waals surface area contributed by atoms with Crippen LogP contribution >= 0.6 is 0 Å². The Morgan fingerprint density at radius 3 is 3.15 bits per heavy atom. The summed E-state index contributed by atoms with van der Waals surface area (Å²) >= 11 is 0. The molecule has 0 bridgehead atoms. The third-order valence-corrected chi connectivity index (χ3v) is 4.79. The van der Waals surface area contributed by atoms with Gasteiger partial charge < -0.3 is 20.3 Å². The van der Waals surface area contributed by atoms with Gasteiger partial charge in [-0.05, 0) is 13.3 Å². The molecule has 1 aliphatic rings. The number of aliphatic hydroxyl groups excluding tert-OH is 1. The minimum absolute atomic E-state index is 0.0349. The number of rotatable bonds is 7. The summed E-state index contributed by atoms with van der Waals surface area (Å²) in [6, 6.07) is 0. The molecule has 3 N–H and O–H groups in total. The minimum atomic E-state index is -2.21. The van der Waals surface area contributed by atoms with E-state index in [2.05, 4.69) is 31.3 Å². The number of ether oxygens (including phenoxy) is 1. The summed E-state index contributed by atoms with van der Waals surface area (Å²) < 4.78 is 36.5. The van der Waals surface area contributed by atoms with Crippen LogP contribution in [0.5, 0.6) is 0 Å². The largest absolute Gasteiger partial charge is 0.396 e. The van der Waals surface area contributed by atoms with Gasteiger partial charge in [0.05, 0.1) is 12.2 Å². The second-order valence-corrected chi connectivity index (χ2v) is 6.23. The third kappa shape index (κ3) is 2.70. The second-order valence-electron chi connectivity index (χ2n) is 6.23. The van der Waals surface area contributed by atoms with E-state index in [0.29, 0.717) is 23.5 Å². The second kappa shape index (κ2) is 6.79. The highest BCUT2D eigenvalue weighted by Gasteiger charge is 2.62. The topological polar surface area (TPSA) is 105 Å². The number of imidazole rings is 1. The number of hydrogen-bond acceptors (Lipinski definition) is 7. The van der Waals surface area contributed by atoms with E-state index in [1.54, 1.807) is 0 Å². The molecule has 0 unspecified atom stereocenters. The zero-order chi connectivity index (χ0) is 20.4. The lowest BCUT2D eigenvalue weighted by Gasteiger charge is -2.27. The molecule has 1 fully saturated rings. The number of hydrogen-bond donors (Lipinski definition) is 3. The Hall–Kier alpha value is -2.28. The van der Waals surface area contributed by atoms with Crippen LogP contribution in [-0.4, -0.2) is 55.8 Å². The molecule has 0 aliphatic carbocycles. The number of nitrogens with one attached hydrogen (secondary N) is 1. The quantitative estimate of drug-likeness (QED) is 0.499. The van der Waals surface area contributed by atoms with Gasteiger partial charge in [0.2, 0.25) is 7.29 Å². The van der Waals surface area contributed by atoms with Gasteiger partial charge >= 0.3 is 0 Å². The molecule has 26 heavy (non-hydrogen) atoms. The summed E-state index contributed by atoms with van der Waals surface area (Å²) in [7, 11) is 0. The first kappa shape index (κ1) is 15.9. The van der Waals surface area contributed by atoms with Gasteiger partial charge in [0, 0.05) is 20.9 Å². The van der Waals surface area contributed by atoms with Crippen LogP contribution in [0, 0.1) is 18.3 Å².